The molecule has 6 N–H and O–H groups in total. The molecule has 0 heterocycles. The van der Waals surface area contributed by atoms with E-state index in [9.17, 15) is 0 Å². The minimum absolute atomic E-state index is 0. The zero-order chi connectivity index (χ0) is 4.50. The van der Waals surface area contributed by atoms with Gasteiger partial charge >= 0.3 is 29.6 Å². The van der Waals surface area contributed by atoms with Crippen molar-refractivity contribution in [2.24, 2.45) is 0 Å². The average molecular weight is 268 g/mol. The molecule has 0 atom stereocenters. The minimum Gasteiger partial charge on any atom is -0.412 e. The molecule has 0 aliphatic carbocycles. The van der Waals surface area contributed by atoms with Gasteiger partial charge in [0.25, 0.3) is 0 Å². The second-order valence-corrected chi connectivity index (χ2v) is 2.54. The van der Waals surface area contributed by atoms with E-state index in [0.29, 0.717) is 0 Å². The van der Waals surface area contributed by atoms with E-state index in [1.807, 2.05) is 0 Å². The molecule has 0 saturated heterocycles. The van der Waals surface area contributed by atoms with Gasteiger partial charge < -0.3 is 16.4 Å². The molecule has 0 spiro atoms. The van der Waals surface area contributed by atoms with Crippen molar-refractivity contribution in [3.63, 3.8) is 0 Å². The SMILES string of the molecule is O.O.O.[Na+].[O-][I+3]([O-])([O-])[O-]. The van der Waals surface area contributed by atoms with Gasteiger partial charge in [0.15, 0.2) is 0 Å². The second-order valence-electron chi connectivity index (χ2n) is 0.378. The van der Waals surface area contributed by atoms with Crippen LogP contribution in [-0.4, -0.2) is 16.4 Å². The molecule has 0 aromatic heterocycles. The summed E-state index contributed by atoms with van der Waals surface area (Å²) in [6, 6.07) is 0. The van der Waals surface area contributed by atoms with Gasteiger partial charge in [-0.2, -0.15) is 0 Å². The molecular weight excluding hydrogens is 262 g/mol. The second kappa shape index (κ2) is 12.2. The van der Waals surface area contributed by atoms with Crippen molar-refractivity contribution in [1.82, 2.24) is 0 Å². The summed E-state index contributed by atoms with van der Waals surface area (Å²) in [5, 5.41) is 0. The zero-order valence-electron chi connectivity index (χ0n) is 4.51. The summed E-state index contributed by atoms with van der Waals surface area (Å²) in [5.74, 6) is 0. The van der Waals surface area contributed by atoms with E-state index in [0.717, 1.165) is 0 Å². The predicted octanol–water partition coefficient (Wildman–Crippen LogP) is -13.2. The van der Waals surface area contributed by atoms with Crippen molar-refractivity contribution in [2.75, 3.05) is 0 Å². The Morgan fingerprint density at radius 1 is 0.667 bits per heavy atom. The fourth-order valence-electron chi connectivity index (χ4n) is 0. The van der Waals surface area contributed by atoms with E-state index < -0.39 is 20.1 Å². The van der Waals surface area contributed by atoms with Crippen molar-refractivity contribution < 1.29 is 79.8 Å². The molecule has 0 aromatic rings. The first-order valence-corrected chi connectivity index (χ1v) is 4.14. The minimum atomic E-state index is -5.94. The van der Waals surface area contributed by atoms with Crippen molar-refractivity contribution in [2.45, 2.75) is 0 Å². The molecule has 0 aliphatic rings. The quantitative estimate of drug-likeness (QED) is 0.311. The molecule has 0 aliphatic heterocycles. The van der Waals surface area contributed by atoms with Crippen LogP contribution >= 0.6 is 0 Å². The average Bonchev–Trinajstić information content (AvgIpc) is 0.722. The van der Waals surface area contributed by atoms with Crippen LogP contribution in [0, 0.1) is 0 Å². The molecule has 0 rings (SSSR count). The van der Waals surface area contributed by atoms with E-state index in [-0.39, 0.29) is 46.0 Å². The number of hydrogen-bond donors (Lipinski definition) is 0. The van der Waals surface area contributed by atoms with Crippen LogP contribution in [0.1, 0.15) is 0 Å². The fourth-order valence-corrected chi connectivity index (χ4v) is 0. The maximum absolute atomic E-state index is 8.62. The monoisotopic (exact) mass is 268 g/mol. The smallest absolute Gasteiger partial charge is 0.412 e. The topological polar surface area (TPSA) is 187 Å². The van der Waals surface area contributed by atoms with Gasteiger partial charge in [0.05, 0.1) is 0 Å². The first kappa shape index (κ1) is 31.4. The molecule has 0 unspecified atom stereocenters. The fraction of sp³-hybridized carbons (Fsp3) is 0. The van der Waals surface area contributed by atoms with Gasteiger partial charge in [0.1, 0.15) is 20.1 Å². The normalized spacial score (nSPS) is 6.67. The third-order valence-corrected chi connectivity index (χ3v) is 0. The van der Waals surface area contributed by atoms with E-state index >= 15 is 0 Å². The van der Waals surface area contributed by atoms with Gasteiger partial charge in [-0.05, 0) is 0 Å². The van der Waals surface area contributed by atoms with Crippen LogP contribution in [0.2, 0.25) is 0 Å². The maximum Gasteiger partial charge on any atom is 1.00 e. The number of hydrogen-bond acceptors (Lipinski definition) is 4. The van der Waals surface area contributed by atoms with Crippen LogP contribution in [-0.2, 0) is 0 Å². The molecule has 0 fully saturated rings. The summed E-state index contributed by atoms with van der Waals surface area (Å²) in [5.41, 5.74) is 0. The molecule has 56 valence electrons. The largest absolute Gasteiger partial charge is 1.00 e. The standard InChI is InChI=1S/IO4.Na.3H2O/c2-1(3,4)5;;;;/h;;3*1H2/q-1;+1;;;. The van der Waals surface area contributed by atoms with Crippen LogP contribution in [0.25, 0.3) is 0 Å². The van der Waals surface area contributed by atoms with Crippen molar-refractivity contribution >= 4 is 0 Å². The molecule has 0 bridgehead atoms. The van der Waals surface area contributed by atoms with Crippen LogP contribution < -0.4 is 63.4 Å². The van der Waals surface area contributed by atoms with Gasteiger partial charge in [-0.15, -0.1) is 0 Å². The summed E-state index contributed by atoms with van der Waals surface area (Å²) in [6.07, 6.45) is 0. The Morgan fingerprint density at radius 2 is 0.667 bits per heavy atom. The van der Waals surface area contributed by atoms with Gasteiger partial charge in [-0.3, -0.25) is 13.7 Å². The van der Waals surface area contributed by atoms with Gasteiger partial charge in [-0.1, -0.05) is 0 Å². The number of halogens is 1. The van der Waals surface area contributed by atoms with E-state index in [1.54, 1.807) is 0 Å². The summed E-state index contributed by atoms with van der Waals surface area (Å²) in [7, 11) is 0. The van der Waals surface area contributed by atoms with Gasteiger partial charge in [0, 0.05) is 0 Å². The third-order valence-electron chi connectivity index (χ3n) is 0. The first-order valence-electron chi connectivity index (χ1n) is 0.617. The molecule has 0 saturated carbocycles. The molecular formula is H6INaO7. The maximum atomic E-state index is 8.62. The molecule has 0 radical (unpaired) electrons. The van der Waals surface area contributed by atoms with Gasteiger partial charge in [-0.25, -0.2) is 0 Å². The predicted molar refractivity (Wildman–Crippen MR) is 10.8 cm³/mol. The summed E-state index contributed by atoms with van der Waals surface area (Å²) >= 11 is -5.94. The van der Waals surface area contributed by atoms with Gasteiger partial charge in [0.2, 0.25) is 0 Å². The Bertz CT molecular complexity index is 24.4. The van der Waals surface area contributed by atoms with E-state index in [1.165, 1.54) is 0 Å². The van der Waals surface area contributed by atoms with Crippen molar-refractivity contribution in [3.05, 3.63) is 0 Å². The molecule has 0 amide bonds. The van der Waals surface area contributed by atoms with Crippen LogP contribution in [0.15, 0.2) is 0 Å². The van der Waals surface area contributed by atoms with Crippen LogP contribution in [0.4, 0.5) is 0 Å². The molecule has 0 aromatic carbocycles. The molecule has 9 heavy (non-hydrogen) atoms. The summed E-state index contributed by atoms with van der Waals surface area (Å²) in [4.78, 5) is 0. The van der Waals surface area contributed by atoms with Crippen molar-refractivity contribution in [3.8, 4) is 0 Å². The first-order chi connectivity index (χ1) is 2.00. The van der Waals surface area contributed by atoms with Crippen LogP contribution in [0.3, 0.4) is 0 Å². The Labute approximate surface area is 79.2 Å². The Balaban J connectivity index is -0.0000000133. The summed E-state index contributed by atoms with van der Waals surface area (Å²) < 4.78 is 34.5. The van der Waals surface area contributed by atoms with E-state index in [2.05, 4.69) is 0 Å². The summed E-state index contributed by atoms with van der Waals surface area (Å²) in [6.45, 7) is 0. The van der Waals surface area contributed by atoms with E-state index in [4.69, 9.17) is 13.7 Å². The van der Waals surface area contributed by atoms with Crippen LogP contribution in [0.5, 0.6) is 0 Å². The Hall–Kier alpha value is 1.45. The Morgan fingerprint density at radius 3 is 0.667 bits per heavy atom. The zero-order valence-corrected chi connectivity index (χ0v) is 8.67. The number of rotatable bonds is 0. The Kier molecular flexibility index (Phi) is 42.4. The molecule has 9 heteroatoms. The van der Waals surface area contributed by atoms with Crippen molar-refractivity contribution in [1.29, 1.82) is 0 Å². The molecule has 7 nitrogen and oxygen atoms in total. The third kappa shape index (κ3) is 249.